The Morgan fingerprint density at radius 2 is 1.50 bits per heavy atom. The Morgan fingerprint density at radius 1 is 1.00 bits per heavy atom. The van der Waals surface area contributed by atoms with E-state index in [4.69, 9.17) is 16.9 Å². The number of unbranched alkanes of at least 4 members (excludes halogenated alkanes) is 7. The molecular formula is C12H22ClN. The second kappa shape index (κ2) is 10.9. The fourth-order valence-electron chi connectivity index (χ4n) is 1.52. The fraction of sp³-hybridized carbons (Fsp3) is 0.917. The summed E-state index contributed by atoms with van der Waals surface area (Å²) in [5, 5.41) is 8.18. The molecule has 0 saturated carbocycles. The summed E-state index contributed by atoms with van der Waals surface area (Å²) in [6, 6.07) is 2.05. The molecule has 82 valence electrons. The zero-order valence-corrected chi connectivity index (χ0v) is 10.0. The van der Waals surface area contributed by atoms with E-state index in [9.17, 15) is 0 Å². The molecule has 0 aromatic heterocycles. The quantitative estimate of drug-likeness (QED) is 0.406. The minimum Gasteiger partial charge on any atom is -0.197 e. The highest BCUT2D eigenvalue weighted by Gasteiger charge is 2.00. The molecule has 0 radical (unpaired) electrons. The molecule has 0 saturated heterocycles. The Kier molecular flexibility index (Phi) is 10.7. The van der Waals surface area contributed by atoms with Crippen molar-refractivity contribution in [3.63, 3.8) is 0 Å². The van der Waals surface area contributed by atoms with Crippen LogP contribution in [0.2, 0.25) is 0 Å². The molecule has 0 heterocycles. The van der Waals surface area contributed by atoms with E-state index >= 15 is 0 Å². The van der Waals surface area contributed by atoms with Crippen molar-refractivity contribution in [2.45, 2.75) is 70.1 Å². The predicted octanol–water partition coefficient (Wildman–Crippen LogP) is 4.65. The van der Waals surface area contributed by atoms with Crippen molar-refractivity contribution in [2.24, 2.45) is 0 Å². The van der Waals surface area contributed by atoms with Crippen molar-refractivity contribution in [3.8, 4) is 6.07 Å². The van der Waals surface area contributed by atoms with Crippen LogP contribution in [0.3, 0.4) is 0 Å². The van der Waals surface area contributed by atoms with E-state index in [0.29, 0.717) is 0 Å². The molecule has 0 fully saturated rings. The van der Waals surface area contributed by atoms with Gasteiger partial charge in [-0.3, -0.25) is 0 Å². The van der Waals surface area contributed by atoms with Gasteiger partial charge in [-0.05, 0) is 6.42 Å². The zero-order valence-electron chi connectivity index (χ0n) is 9.27. The lowest BCUT2D eigenvalue weighted by atomic mass is 10.1. The molecule has 14 heavy (non-hydrogen) atoms. The van der Waals surface area contributed by atoms with E-state index in [2.05, 4.69) is 6.92 Å². The molecule has 0 aliphatic rings. The van der Waals surface area contributed by atoms with Crippen LogP contribution < -0.4 is 0 Å². The van der Waals surface area contributed by atoms with E-state index in [1.807, 2.05) is 6.07 Å². The molecule has 1 unspecified atom stereocenters. The first-order valence-electron chi connectivity index (χ1n) is 5.85. The smallest absolute Gasteiger partial charge is 0.120 e. The number of halogens is 1. The maximum absolute atomic E-state index is 8.45. The van der Waals surface area contributed by atoms with Crippen LogP contribution in [0.15, 0.2) is 0 Å². The van der Waals surface area contributed by atoms with Gasteiger partial charge in [-0.1, -0.05) is 58.3 Å². The highest BCUT2D eigenvalue weighted by molar-refractivity contribution is 6.22. The lowest BCUT2D eigenvalue weighted by molar-refractivity contribution is 0.568. The van der Waals surface area contributed by atoms with Gasteiger partial charge >= 0.3 is 0 Å². The summed E-state index contributed by atoms with van der Waals surface area (Å²) >= 11 is 5.69. The van der Waals surface area contributed by atoms with E-state index in [0.717, 1.165) is 12.8 Å². The summed E-state index contributed by atoms with van der Waals surface area (Å²) in [4.78, 5) is 0. The molecule has 0 bridgehead atoms. The SMILES string of the molecule is CCCCCCCCCCC(Cl)C#N. The molecule has 2 heteroatoms. The van der Waals surface area contributed by atoms with Gasteiger partial charge in [0, 0.05) is 0 Å². The molecule has 0 rings (SSSR count). The van der Waals surface area contributed by atoms with Crippen LogP contribution in [0.25, 0.3) is 0 Å². The van der Waals surface area contributed by atoms with Crippen molar-refractivity contribution >= 4 is 11.6 Å². The topological polar surface area (TPSA) is 23.8 Å². The standard InChI is InChI=1S/C12H22ClN/c1-2-3-4-5-6-7-8-9-10-12(13)11-14/h12H,2-10H2,1H3. The second-order valence-electron chi connectivity index (χ2n) is 3.86. The van der Waals surface area contributed by atoms with Gasteiger partial charge in [0.2, 0.25) is 0 Å². The van der Waals surface area contributed by atoms with Gasteiger partial charge in [0.25, 0.3) is 0 Å². The van der Waals surface area contributed by atoms with Crippen LogP contribution in [-0.4, -0.2) is 5.38 Å². The molecule has 0 amide bonds. The molecule has 0 aliphatic carbocycles. The van der Waals surface area contributed by atoms with Gasteiger partial charge < -0.3 is 0 Å². The Balaban J connectivity index is 2.96. The lowest BCUT2D eigenvalue weighted by Gasteiger charge is -2.01. The first kappa shape index (κ1) is 13.8. The average molecular weight is 216 g/mol. The van der Waals surface area contributed by atoms with E-state index < -0.39 is 0 Å². The molecule has 0 aromatic rings. The van der Waals surface area contributed by atoms with Gasteiger partial charge in [0.05, 0.1) is 6.07 Å². The van der Waals surface area contributed by atoms with Crippen LogP contribution in [0.4, 0.5) is 0 Å². The summed E-state index contributed by atoms with van der Waals surface area (Å²) in [7, 11) is 0. The molecule has 0 aromatic carbocycles. The maximum Gasteiger partial charge on any atom is 0.120 e. The average Bonchev–Trinajstić information content (AvgIpc) is 2.21. The monoisotopic (exact) mass is 215 g/mol. The number of rotatable bonds is 9. The minimum atomic E-state index is -0.268. The van der Waals surface area contributed by atoms with Crippen LogP contribution in [-0.2, 0) is 0 Å². The summed E-state index contributed by atoms with van der Waals surface area (Å²) < 4.78 is 0. The van der Waals surface area contributed by atoms with Gasteiger partial charge in [0.1, 0.15) is 5.38 Å². The van der Waals surface area contributed by atoms with Crippen molar-refractivity contribution in [2.75, 3.05) is 0 Å². The molecule has 1 atom stereocenters. The summed E-state index contributed by atoms with van der Waals surface area (Å²) in [5.41, 5.74) is 0. The second-order valence-corrected chi connectivity index (χ2v) is 4.39. The normalized spacial score (nSPS) is 12.4. The fourth-order valence-corrected chi connectivity index (χ4v) is 1.68. The Morgan fingerprint density at radius 3 is 2.00 bits per heavy atom. The minimum absolute atomic E-state index is 0.268. The van der Waals surface area contributed by atoms with E-state index in [1.54, 1.807) is 0 Å². The van der Waals surface area contributed by atoms with Crippen LogP contribution in [0.1, 0.15) is 64.7 Å². The van der Waals surface area contributed by atoms with E-state index in [-0.39, 0.29) is 5.38 Å². The third-order valence-corrected chi connectivity index (χ3v) is 2.77. The molecule has 0 spiro atoms. The lowest BCUT2D eigenvalue weighted by Crippen LogP contribution is -1.92. The molecule has 0 aliphatic heterocycles. The summed E-state index contributed by atoms with van der Waals surface area (Å²) in [5.74, 6) is 0. The third-order valence-electron chi connectivity index (χ3n) is 2.45. The Bertz CT molecular complexity index is 151. The predicted molar refractivity (Wildman–Crippen MR) is 62.5 cm³/mol. The van der Waals surface area contributed by atoms with Gasteiger partial charge in [0.15, 0.2) is 0 Å². The Hall–Kier alpha value is -0.220. The first-order valence-corrected chi connectivity index (χ1v) is 6.28. The zero-order chi connectivity index (χ0) is 10.6. The van der Waals surface area contributed by atoms with Crippen molar-refractivity contribution in [1.82, 2.24) is 0 Å². The first-order chi connectivity index (χ1) is 6.81. The number of hydrogen-bond acceptors (Lipinski definition) is 1. The number of nitriles is 1. The molecular weight excluding hydrogens is 194 g/mol. The highest BCUT2D eigenvalue weighted by Crippen LogP contribution is 2.12. The largest absolute Gasteiger partial charge is 0.197 e. The van der Waals surface area contributed by atoms with Crippen LogP contribution in [0, 0.1) is 11.3 Å². The van der Waals surface area contributed by atoms with Gasteiger partial charge in [-0.15, -0.1) is 11.6 Å². The summed E-state index contributed by atoms with van der Waals surface area (Å²) in [6.07, 6.45) is 11.3. The number of alkyl halides is 1. The molecule has 0 N–H and O–H groups in total. The van der Waals surface area contributed by atoms with Crippen molar-refractivity contribution < 1.29 is 0 Å². The molecule has 1 nitrogen and oxygen atoms in total. The van der Waals surface area contributed by atoms with Crippen molar-refractivity contribution in [3.05, 3.63) is 0 Å². The van der Waals surface area contributed by atoms with Gasteiger partial charge in [-0.2, -0.15) is 5.26 Å². The van der Waals surface area contributed by atoms with Crippen molar-refractivity contribution in [1.29, 1.82) is 5.26 Å². The Labute approximate surface area is 93.4 Å². The number of hydrogen-bond donors (Lipinski definition) is 0. The number of nitrogens with zero attached hydrogens (tertiary/aromatic N) is 1. The highest BCUT2D eigenvalue weighted by atomic mass is 35.5. The van der Waals surface area contributed by atoms with Crippen LogP contribution in [0.5, 0.6) is 0 Å². The van der Waals surface area contributed by atoms with Gasteiger partial charge in [-0.25, -0.2) is 0 Å². The summed E-state index contributed by atoms with van der Waals surface area (Å²) in [6.45, 7) is 2.24. The van der Waals surface area contributed by atoms with Crippen LogP contribution >= 0.6 is 11.6 Å². The third kappa shape index (κ3) is 9.86. The maximum atomic E-state index is 8.45. The van der Waals surface area contributed by atoms with E-state index in [1.165, 1.54) is 44.9 Å².